The highest BCUT2D eigenvalue weighted by molar-refractivity contribution is 7.99. The first-order chi connectivity index (χ1) is 7.20. The van der Waals surface area contributed by atoms with Crippen LogP contribution in [0.15, 0.2) is 23.1 Å². The van der Waals surface area contributed by atoms with Gasteiger partial charge in [-0.25, -0.2) is 4.39 Å². The SMILES string of the molecule is CCCSc1cccc(F)c1C(C)NC. The zero-order valence-corrected chi connectivity index (χ0v) is 10.3. The minimum absolute atomic E-state index is 0.0607. The highest BCUT2D eigenvalue weighted by Crippen LogP contribution is 2.29. The molecule has 15 heavy (non-hydrogen) atoms. The van der Waals surface area contributed by atoms with E-state index in [2.05, 4.69) is 12.2 Å². The monoisotopic (exact) mass is 227 g/mol. The van der Waals surface area contributed by atoms with Crippen LogP contribution in [0.4, 0.5) is 4.39 Å². The average molecular weight is 227 g/mol. The van der Waals surface area contributed by atoms with Crippen molar-refractivity contribution < 1.29 is 4.39 Å². The van der Waals surface area contributed by atoms with E-state index in [0.29, 0.717) is 0 Å². The first-order valence-corrected chi connectivity index (χ1v) is 6.27. The molecule has 0 spiro atoms. The highest BCUT2D eigenvalue weighted by Gasteiger charge is 2.13. The van der Waals surface area contributed by atoms with Crippen LogP contribution in [0.1, 0.15) is 31.9 Å². The van der Waals surface area contributed by atoms with Crippen molar-refractivity contribution in [3.63, 3.8) is 0 Å². The minimum atomic E-state index is -0.113. The lowest BCUT2D eigenvalue weighted by molar-refractivity contribution is 0.552. The third kappa shape index (κ3) is 3.21. The summed E-state index contributed by atoms with van der Waals surface area (Å²) in [6, 6.07) is 5.36. The topological polar surface area (TPSA) is 12.0 Å². The Bertz CT molecular complexity index is 314. The molecule has 0 saturated heterocycles. The lowest BCUT2D eigenvalue weighted by Crippen LogP contribution is -2.15. The number of thioether (sulfide) groups is 1. The fraction of sp³-hybridized carbons (Fsp3) is 0.500. The molecular formula is C12H18FNS. The first kappa shape index (κ1) is 12.5. The molecule has 0 aliphatic rings. The molecule has 1 atom stereocenters. The van der Waals surface area contributed by atoms with Gasteiger partial charge >= 0.3 is 0 Å². The van der Waals surface area contributed by atoms with E-state index in [9.17, 15) is 4.39 Å². The summed E-state index contributed by atoms with van der Waals surface area (Å²) in [6.45, 7) is 4.11. The van der Waals surface area contributed by atoms with Gasteiger partial charge in [-0.3, -0.25) is 0 Å². The molecule has 1 nitrogen and oxygen atoms in total. The molecule has 3 heteroatoms. The number of hydrogen-bond acceptors (Lipinski definition) is 2. The molecule has 1 aromatic rings. The second-order valence-electron chi connectivity index (χ2n) is 3.51. The fourth-order valence-corrected chi connectivity index (χ4v) is 2.45. The van der Waals surface area contributed by atoms with Crippen LogP contribution in [0, 0.1) is 5.82 Å². The average Bonchev–Trinajstić information content (AvgIpc) is 2.25. The van der Waals surface area contributed by atoms with Crippen molar-refractivity contribution >= 4 is 11.8 Å². The van der Waals surface area contributed by atoms with E-state index in [1.54, 1.807) is 17.8 Å². The van der Waals surface area contributed by atoms with Crippen molar-refractivity contribution in [2.45, 2.75) is 31.2 Å². The molecule has 0 saturated carbocycles. The van der Waals surface area contributed by atoms with Gasteiger partial charge in [0.1, 0.15) is 5.82 Å². The van der Waals surface area contributed by atoms with E-state index < -0.39 is 0 Å². The molecule has 0 heterocycles. The van der Waals surface area contributed by atoms with Crippen LogP contribution >= 0.6 is 11.8 Å². The summed E-state index contributed by atoms with van der Waals surface area (Å²) in [6.07, 6.45) is 1.11. The largest absolute Gasteiger partial charge is 0.313 e. The van der Waals surface area contributed by atoms with E-state index in [1.165, 1.54) is 6.07 Å². The summed E-state index contributed by atoms with van der Waals surface area (Å²) in [4.78, 5) is 1.05. The van der Waals surface area contributed by atoms with Gasteiger partial charge < -0.3 is 5.32 Å². The van der Waals surface area contributed by atoms with Crippen molar-refractivity contribution in [1.29, 1.82) is 0 Å². The quantitative estimate of drug-likeness (QED) is 0.771. The third-order valence-electron chi connectivity index (χ3n) is 2.34. The summed E-state index contributed by atoms with van der Waals surface area (Å²) < 4.78 is 13.7. The summed E-state index contributed by atoms with van der Waals surface area (Å²) in [5.41, 5.74) is 0.790. The molecule has 84 valence electrons. The van der Waals surface area contributed by atoms with Crippen LogP contribution in [0.2, 0.25) is 0 Å². The Kier molecular flexibility index (Phi) is 5.12. The van der Waals surface area contributed by atoms with Crippen molar-refractivity contribution in [3.05, 3.63) is 29.6 Å². The maximum absolute atomic E-state index is 13.7. The Morgan fingerprint density at radius 2 is 2.20 bits per heavy atom. The van der Waals surface area contributed by atoms with Crippen LogP contribution in [0.25, 0.3) is 0 Å². The molecular weight excluding hydrogens is 209 g/mol. The molecule has 0 amide bonds. The van der Waals surface area contributed by atoms with Crippen LogP contribution in [-0.4, -0.2) is 12.8 Å². The smallest absolute Gasteiger partial charge is 0.129 e. The molecule has 0 radical (unpaired) electrons. The molecule has 1 N–H and O–H groups in total. The summed E-state index contributed by atoms with van der Waals surface area (Å²) in [5, 5.41) is 3.09. The van der Waals surface area contributed by atoms with Crippen molar-refractivity contribution in [1.82, 2.24) is 5.32 Å². The van der Waals surface area contributed by atoms with Gasteiger partial charge in [0.15, 0.2) is 0 Å². The highest BCUT2D eigenvalue weighted by atomic mass is 32.2. The molecule has 1 unspecified atom stereocenters. The zero-order valence-electron chi connectivity index (χ0n) is 9.51. The second kappa shape index (κ2) is 6.13. The van der Waals surface area contributed by atoms with E-state index in [1.807, 2.05) is 20.0 Å². The van der Waals surface area contributed by atoms with Crippen molar-refractivity contribution in [3.8, 4) is 0 Å². The van der Waals surface area contributed by atoms with Crippen LogP contribution in [0.5, 0.6) is 0 Å². The summed E-state index contributed by atoms with van der Waals surface area (Å²) >= 11 is 1.72. The molecule has 1 rings (SSSR count). The second-order valence-corrected chi connectivity index (χ2v) is 4.65. The Labute approximate surface area is 95.5 Å². The predicted molar refractivity (Wildman–Crippen MR) is 64.9 cm³/mol. The minimum Gasteiger partial charge on any atom is -0.313 e. The van der Waals surface area contributed by atoms with Gasteiger partial charge in [-0.2, -0.15) is 0 Å². The standard InChI is InChI=1S/C12H18FNS/c1-4-8-15-11-7-5-6-10(13)12(11)9(2)14-3/h5-7,9,14H,4,8H2,1-3H3. The van der Waals surface area contributed by atoms with E-state index in [-0.39, 0.29) is 11.9 Å². The Hall–Kier alpha value is -0.540. The lowest BCUT2D eigenvalue weighted by Gasteiger charge is -2.16. The van der Waals surface area contributed by atoms with Gasteiger partial charge in [0.25, 0.3) is 0 Å². The number of benzene rings is 1. The van der Waals surface area contributed by atoms with Gasteiger partial charge in [0, 0.05) is 16.5 Å². The van der Waals surface area contributed by atoms with Gasteiger partial charge in [0.05, 0.1) is 0 Å². The number of rotatable bonds is 5. The van der Waals surface area contributed by atoms with Crippen LogP contribution in [0.3, 0.4) is 0 Å². The number of hydrogen-bond donors (Lipinski definition) is 1. The molecule has 0 aliphatic carbocycles. The summed E-state index contributed by atoms with van der Waals surface area (Å²) in [5.74, 6) is 0.922. The van der Waals surface area contributed by atoms with E-state index in [0.717, 1.165) is 22.6 Å². The molecule has 0 aromatic heterocycles. The lowest BCUT2D eigenvalue weighted by atomic mass is 10.1. The van der Waals surface area contributed by atoms with E-state index >= 15 is 0 Å². The summed E-state index contributed by atoms with van der Waals surface area (Å²) in [7, 11) is 1.85. The molecule has 0 aliphatic heterocycles. The zero-order chi connectivity index (χ0) is 11.3. The van der Waals surface area contributed by atoms with Gasteiger partial charge in [-0.05, 0) is 38.3 Å². The first-order valence-electron chi connectivity index (χ1n) is 5.29. The number of halogens is 1. The Morgan fingerprint density at radius 1 is 1.47 bits per heavy atom. The van der Waals surface area contributed by atoms with E-state index in [4.69, 9.17) is 0 Å². The molecule has 1 aromatic carbocycles. The van der Waals surface area contributed by atoms with Crippen LogP contribution in [-0.2, 0) is 0 Å². The molecule has 0 bridgehead atoms. The van der Waals surface area contributed by atoms with Gasteiger partial charge in [0.2, 0.25) is 0 Å². The van der Waals surface area contributed by atoms with Crippen molar-refractivity contribution in [2.24, 2.45) is 0 Å². The molecule has 0 fully saturated rings. The van der Waals surface area contributed by atoms with Crippen LogP contribution < -0.4 is 5.32 Å². The maximum atomic E-state index is 13.7. The Morgan fingerprint density at radius 3 is 2.80 bits per heavy atom. The Balaban J connectivity index is 2.97. The normalized spacial score (nSPS) is 12.8. The predicted octanol–water partition coefficient (Wildman–Crippen LogP) is 3.61. The maximum Gasteiger partial charge on any atom is 0.129 e. The number of nitrogens with one attached hydrogen (secondary N) is 1. The van der Waals surface area contributed by atoms with Crippen molar-refractivity contribution in [2.75, 3.05) is 12.8 Å². The van der Waals surface area contributed by atoms with Gasteiger partial charge in [-0.15, -0.1) is 11.8 Å². The van der Waals surface area contributed by atoms with Gasteiger partial charge in [-0.1, -0.05) is 13.0 Å². The third-order valence-corrected chi connectivity index (χ3v) is 3.62. The fourth-order valence-electron chi connectivity index (χ4n) is 1.42.